The maximum absolute atomic E-state index is 11.7. The number of carbonyl (C=O) groups excluding carboxylic acids is 1. The van der Waals surface area contributed by atoms with Gasteiger partial charge in [0.1, 0.15) is 0 Å². The molecule has 1 aromatic rings. The van der Waals surface area contributed by atoms with Crippen LogP contribution in [0.2, 0.25) is 0 Å². The first-order chi connectivity index (χ1) is 8.89. The number of nitrogens with one attached hydrogen (secondary N) is 1. The molecule has 1 rings (SSSR count). The minimum absolute atomic E-state index is 0.00451. The van der Waals surface area contributed by atoms with E-state index in [0.717, 1.165) is 13.0 Å². The third-order valence-electron chi connectivity index (χ3n) is 2.74. The lowest BCUT2D eigenvalue weighted by molar-refractivity contribution is -0.139. The molecule has 0 radical (unpaired) electrons. The van der Waals surface area contributed by atoms with Crippen LogP contribution in [0.25, 0.3) is 0 Å². The van der Waals surface area contributed by atoms with E-state index in [-0.39, 0.29) is 18.7 Å². The van der Waals surface area contributed by atoms with Gasteiger partial charge in [-0.3, -0.25) is 9.59 Å². The number of carboxylic acid groups (broad SMARTS) is 1. The number of hydrogen-bond acceptors (Lipinski definition) is 3. The Morgan fingerprint density at radius 1 is 1.37 bits per heavy atom. The molecule has 0 spiro atoms. The summed E-state index contributed by atoms with van der Waals surface area (Å²) in [5, 5.41) is 11.6. The highest BCUT2D eigenvalue weighted by molar-refractivity contribution is 5.77. The molecule has 0 unspecified atom stereocenters. The van der Waals surface area contributed by atoms with E-state index in [1.54, 1.807) is 26.4 Å². The number of carbonyl (C=O) groups is 2. The SMILES string of the molecule is CC(C)(CC(=O)O)CC(=O)NCCCn1ccnc1. The zero-order chi connectivity index (χ0) is 14.3. The summed E-state index contributed by atoms with van der Waals surface area (Å²) in [6.45, 7) is 4.96. The van der Waals surface area contributed by atoms with Crippen LogP contribution < -0.4 is 5.32 Å². The summed E-state index contributed by atoms with van der Waals surface area (Å²) in [6.07, 6.45) is 6.36. The predicted octanol–water partition coefficient (Wildman–Crippen LogP) is 1.28. The van der Waals surface area contributed by atoms with E-state index < -0.39 is 11.4 Å². The normalized spacial score (nSPS) is 11.3. The van der Waals surface area contributed by atoms with Crippen LogP contribution in [0.4, 0.5) is 0 Å². The fourth-order valence-electron chi connectivity index (χ4n) is 1.88. The van der Waals surface area contributed by atoms with Gasteiger partial charge in [-0.2, -0.15) is 0 Å². The molecule has 6 nitrogen and oxygen atoms in total. The molecule has 106 valence electrons. The van der Waals surface area contributed by atoms with Gasteiger partial charge in [-0.25, -0.2) is 4.98 Å². The van der Waals surface area contributed by atoms with Crippen molar-refractivity contribution in [1.29, 1.82) is 0 Å². The van der Waals surface area contributed by atoms with Gasteiger partial charge in [0.25, 0.3) is 0 Å². The maximum Gasteiger partial charge on any atom is 0.303 e. The number of aliphatic carboxylic acids is 1. The largest absolute Gasteiger partial charge is 0.481 e. The minimum atomic E-state index is -0.877. The van der Waals surface area contributed by atoms with Crippen LogP contribution in [0.5, 0.6) is 0 Å². The number of carboxylic acids is 1. The fourth-order valence-corrected chi connectivity index (χ4v) is 1.88. The summed E-state index contributed by atoms with van der Waals surface area (Å²) in [7, 11) is 0. The van der Waals surface area contributed by atoms with Gasteiger partial charge in [0.05, 0.1) is 12.7 Å². The van der Waals surface area contributed by atoms with Gasteiger partial charge in [-0.15, -0.1) is 0 Å². The topological polar surface area (TPSA) is 84.2 Å². The number of hydrogen-bond donors (Lipinski definition) is 2. The summed E-state index contributed by atoms with van der Waals surface area (Å²) >= 11 is 0. The Labute approximate surface area is 112 Å². The Morgan fingerprint density at radius 2 is 2.11 bits per heavy atom. The van der Waals surface area contributed by atoms with E-state index in [1.165, 1.54) is 0 Å². The lowest BCUT2D eigenvalue weighted by Crippen LogP contribution is -2.31. The van der Waals surface area contributed by atoms with Gasteiger partial charge < -0.3 is 15.0 Å². The second-order valence-electron chi connectivity index (χ2n) is 5.42. The van der Waals surface area contributed by atoms with Gasteiger partial charge in [0.2, 0.25) is 5.91 Å². The van der Waals surface area contributed by atoms with Crippen molar-refractivity contribution >= 4 is 11.9 Å². The van der Waals surface area contributed by atoms with E-state index in [4.69, 9.17) is 5.11 Å². The van der Waals surface area contributed by atoms with Crippen LogP contribution in [0.3, 0.4) is 0 Å². The molecular weight excluding hydrogens is 246 g/mol. The Morgan fingerprint density at radius 3 is 2.68 bits per heavy atom. The number of aryl methyl sites for hydroxylation is 1. The first-order valence-electron chi connectivity index (χ1n) is 6.33. The van der Waals surface area contributed by atoms with Crippen molar-refractivity contribution in [3.05, 3.63) is 18.7 Å². The Bertz CT molecular complexity index is 413. The molecule has 1 amide bonds. The molecule has 0 saturated heterocycles. The molecule has 0 saturated carbocycles. The number of nitrogens with zero attached hydrogens (tertiary/aromatic N) is 2. The third-order valence-corrected chi connectivity index (χ3v) is 2.74. The quantitative estimate of drug-likeness (QED) is 0.695. The predicted molar refractivity (Wildman–Crippen MR) is 70.5 cm³/mol. The molecule has 1 heterocycles. The second kappa shape index (κ2) is 6.92. The standard InChI is InChI=1S/C13H21N3O3/c1-13(2,9-12(18)19)8-11(17)15-4-3-6-16-7-5-14-10-16/h5,7,10H,3-4,6,8-9H2,1-2H3,(H,15,17)(H,18,19). The number of aromatic nitrogens is 2. The van der Waals surface area contributed by atoms with Crippen LogP contribution in [-0.2, 0) is 16.1 Å². The highest BCUT2D eigenvalue weighted by atomic mass is 16.4. The van der Waals surface area contributed by atoms with Crippen molar-refractivity contribution in [2.24, 2.45) is 5.41 Å². The van der Waals surface area contributed by atoms with Crippen molar-refractivity contribution in [1.82, 2.24) is 14.9 Å². The minimum Gasteiger partial charge on any atom is -0.481 e. The van der Waals surface area contributed by atoms with Crippen LogP contribution in [0.15, 0.2) is 18.7 Å². The van der Waals surface area contributed by atoms with E-state index in [1.807, 2.05) is 10.8 Å². The number of rotatable bonds is 8. The summed E-state index contributed by atoms with van der Waals surface area (Å²) in [4.78, 5) is 26.3. The van der Waals surface area contributed by atoms with Crippen LogP contribution in [-0.4, -0.2) is 33.1 Å². The van der Waals surface area contributed by atoms with Crippen molar-refractivity contribution in [3.63, 3.8) is 0 Å². The van der Waals surface area contributed by atoms with E-state index in [0.29, 0.717) is 6.54 Å². The maximum atomic E-state index is 11.7. The Balaban J connectivity index is 2.18. The number of imidazole rings is 1. The van der Waals surface area contributed by atoms with Gasteiger partial charge in [0, 0.05) is 31.9 Å². The van der Waals surface area contributed by atoms with Crippen molar-refractivity contribution in [2.75, 3.05) is 6.54 Å². The monoisotopic (exact) mass is 267 g/mol. The van der Waals surface area contributed by atoms with E-state index in [2.05, 4.69) is 10.3 Å². The molecule has 0 bridgehead atoms. The highest BCUT2D eigenvalue weighted by Crippen LogP contribution is 2.24. The molecule has 0 atom stereocenters. The average Bonchev–Trinajstić information content (AvgIpc) is 2.74. The molecule has 6 heteroatoms. The second-order valence-corrected chi connectivity index (χ2v) is 5.42. The van der Waals surface area contributed by atoms with E-state index >= 15 is 0 Å². The van der Waals surface area contributed by atoms with Crippen molar-refractivity contribution in [3.8, 4) is 0 Å². The third kappa shape index (κ3) is 6.59. The Hall–Kier alpha value is -1.85. The molecule has 1 aromatic heterocycles. The summed E-state index contributed by atoms with van der Waals surface area (Å²) in [5.74, 6) is -0.977. The first kappa shape index (κ1) is 15.2. The van der Waals surface area contributed by atoms with Crippen LogP contribution >= 0.6 is 0 Å². The van der Waals surface area contributed by atoms with Crippen molar-refractivity contribution in [2.45, 2.75) is 39.7 Å². The lowest BCUT2D eigenvalue weighted by atomic mass is 9.85. The first-order valence-corrected chi connectivity index (χ1v) is 6.33. The fraction of sp³-hybridized carbons (Fsp3) is 0.615. The molecule has 0 aliphatic heterocycles. The van der Waals surface area contributed by atoms with Gasteiger partial charge in [-0.05, 0) is 11.8 Å². The van der Waals surface area contributed by atoms with Gasteiger partial charge in [0.15, 0.2) is 0 Å². The summed E-state index contributed by atoms with van der Waals surface area (Å²) in [5.41, 5.74) is -0.514. The van der Waals surface area contributed by atoms with Gasteiger partial charge >= 0.3 is 5.97 Å². The molecule has 0 aliphatic carbocycles. The molecule has 0 aliphatic rings. The molecule has 19 heavy (non-hydrogen) atoms. The Kier molecular flexibility index (Phi) is 5.54. The van der Waals surface area contributed by atoms with Gasteiger partial charge in [-0.1, -0.05) is 13.8 Å². The molecular formula is C13H21N3O3. The highest BCUT2D eigenvalue weighted by Gasteiger charge is 2.24. The zero-order valence-corrected chi connectivity index (χ0v) is 11.4. The summed E-state index contributed by atoms with van der Waals surface area (Å²) < 4.78 is 1.94. The van der Waals surface area contributed by atoms with Crippen LogP contribution in [0, 0.1) is 5.41 Å². The smallest absolute Gasteiger partial charge is 0.303 e. The lowest BCUT2D eigenvalue weighted by Gasteiger charge is -2.21. The zero-order valence-electron chi connectivity index (χ0n) is 11.4. The average molecular weight is 267 g/mol. The number of amides is 1. The van der Waals surface area contributed by atoms with Crippen LogP contribution in [0.1, 0.15) is 33.1 Å². The summed E-state index contributed by atoms with van der Waals surface area (Å²) in [6, 6.07) is 0. The molecule has 0 fully saturated rings. The molecule has 2 N–H and O–H groups in total. The van der Waals surface area contributed by atoms with E-state index in [9.17, 15) is 9.59 Å². The van der Waals surface area contributed by atoms with Crippen molar-refractivity contribution < 1.29 is 14.7 Å². The molecule has 0 aromatic carbocycles.